The average molecular weight is 411 g/mol. The third kappa shape index (κ3) is 3.54. The number of fused-ring (bicyclic) bond motifs is 1. The topological polar surface area (TPSA) is 98.8 Å². The lowest BCUT2D eigenvalue weighted by Crippen LogP contribution is -2.43. The lowest BCUT2D eigenvalue weighted by atomic mass is 9.83. The summed E-state index contributed by atoms with van der Waals surface area (Å²) in [5, 5.41) is 18.4. The van der Waals surface area contributed by atoms with Crippen LogP contribution >= 0.6 is 0 Å². The SMILES string of the molecule is COc1ccc(OC)c(-c2cc(C(=O)NCC3(O)CCCc4occc43)n(C)n2)c1. The smallest absolute Gasteiger partial charge is 0.269 e. The average Bonchev–Trinajstić information content (AvgIpc) is 3.39. The van der Waals surface area contributed by atoms with Crippen molar-refractivity contribution in [2.45, 2.75) is 24.9 Å². The van der Waals surface area contributed by atoms with Crippen LogP contribution in [0.2, 0.25) is 0 Å². The van der Waals surface area contributed by atoms with E-state index >= 15 is 0 Å². The van der Waals surface area contributed by atoms with Crippen molar-refractivity contribution >= 4 is 5.91 Å². The van der Waals surface area contributed by atoms with Crippen LogP contribution in [-0.2, 0) is 19.1 Å². The minimum absolute atomic E-state index is 0.0986. The summed E-state index contributed by atoms with van der Waals surface area (Å²) in [7, 11) is 4.87. The second kappa shape index (κ2) is 7.87. The van der Waals surface area contributed by atoms with Crippen molar-refractivity contribution in [3.05, 3.63) is 53.6 Å². The molecule has 0 spiro atoms. The molecule has 0 bridgehead atoms. The number of aromatic nitrogens is 2. The Hall–Kier alpha value is -3.26. The number of methoxy groups -OCH3 is 2. The van der Waals surface area contributed by atoms with Crippen LogP contribution in [0.1, 0.15) is 34.7 Å². The van der Waals surface area contributed by atoms with Gasteiger partial charge in [0.05, 0.1) is 32.7 Å². The van der Waals surface area contributed by atoms with Gasteiger partial charge in [0, 0.05) is 24.6 Å². The van der Waals surface area contributed by atoms with Gasteiger partial charge in [-0.05, 0) is 43.2 Å². The van der Waals surface area contributed by atoms with Crippen molar-refractivity contribution in [1.29, 1.82) is 0 Å². The molecule has 0 radical (unpaired) electrons. The number of nitrogens with one attached hydrogen (secondary N) is 1. The second-order valence-corrected chi connectivity index (χ2v) is 7.43. The monoisotopic (exact) mass is 411 g/mol. The molecule has 8 nitrogen and oxygen atoms in total. The van der Waals surface area contributed by atoms with E-state index in [-0.39, 0.29) is 12.5 Å². The van der Waals surface area contributed by atoms with E-state index in [9.17, 15) is 9.90 Å². The summed E-state index contributed by atoms with van der Waals surface area (Å²) < 4.78 is 17.7. The van der Waals surface area contributed by atoms with Crippen LogP contribution in [-0.4, -0.2) is 41.6 Å². The van der Waals surface area contributed by atoms with Crippen LogP contribution in [0.4, 0.5) is 0 Å². The summed E-state index contributed by atoms with van der Waals surface area (Å²) in [6, 6.07) is 8.88. The fourth-order valence-electron chi connectivity index (χ4n) is 3.95. The number of ether oxygens (including phenoxy) is 2. The number of benzene rings is 1. The number of carbonyl (C=O) groups is 1. The molecule has 0 saturated heterocycles. The largest absolute Gasteiger partial charge is 0.497 e. The molecule has 2 heterocycles. The first kappa shape index (κ1) is 20.0. The third-order valence-corrected chi connectivity index (χ3v) is 5.58. The highest BCUT2D eigenvalue weighted by Crippen LogP contribution is 2.36. The zero-order valence-corrected chi connectivity index (χ0v) is 17.3. The molecule has 1 amide bonds. The number of furan rings is 1. The van der Waals surface area contributed by atoms with Crippen molar-refractivity contribution in [1.82, 2.24) is 15.1 Å². The quantitative estimate of drug-likeness (QED) is 0.647. The predicted molar refractivity (Wildman–Crippen MR) is 110 cm³/mol. The highest BCUT2D eigenvalue weighted by molar-refractivity contribution is 5.94. The number of aliphatic hydroxyl groups is 1. The minimum atomic E-state index is -1.13. The molecular weight excluding hydrogens is 386 g/mol. The Morgan fingerprint density at radius 3 is 2.90 bits per heavy atom. The molecule has 1 aliphatic rings. The van der Waals surface area contributed by atoms with Crippen molar-refractivity contribution < 1.29 is 23.8 Å². The summed E-state index contributed by atoms with van der Waals surface area (Å²) in [6.45, 7) is 0.0986. The molecule has 2 aromatic heterocycles. The summed E-state index contributed by atoms with van der Waals surface area (Å²) in [4.78, 5) is 12.9. The normalized spacial score (nSPS) is 18.0. The Kier molecular flexibility index (Phi) is 5.26. The van der Waals surface area contributed by atoms with Gasteiger partial charge < -0.3 is 24.3 Å². The maximum Gasteiger partial charge on any atom is 0.269 e. The van der Waals surface area contributed by atoms with Gasteiger partial charge in [0.25, 0.3) is 5.91 Å². The van der Waals surface area contributed by atoms with Gasteiger partial charge >= 0.3 is 0 Å². The molecule has 158 valence electrons. The molecule has 1 atom stereocenters. The first-order valence-corrected chi connectivity index (χ1v) is 9.79. The van der Waals surface area contributed by atoms with E-state index in [0.717, 1.165) is 29.7 Å². The van der Waals surface area contributed by atoms with Crippen molar-refractivity contribution in [2.75, 3.05) is 20.8 Å². The standard InChI is InChI=1S/C22H25N3O5/c1-25-18(12-17(24-25)15-11-14(28-2)6-7-19(15)29-3)21(26)23-13-22(27)9-4-5-20-16(22)8-10-30-20/h6-8,10-12,27H,4-5,9,13H2,1-3H3,(H,23,26). The predicted octanol–water partition coefficient (Wildman–Crippen LogP) is 2.65. The van der Waals surface area contributed by atoms with E-state index in [1.165, 1.54) is 4.68 Å². The Morgan fingerprint density at radius 1 is 1.30 bits per heavy atom. The Bertz CT molecular complexity index is 1070. The van der Waals surface area contributed by atoms with Gasteiger partial charge in [-0.15, -0.1) is 0 Å². The molecule has 8 heteroatoms. The molecule has 30 heavy (non-hydrogen) atoms. The molecule has 0 fully saturated rings. The molecule has 0 saturated carbocycles. The fourth-order valence-corrected chi connectivity index (χ4v) is 3.95. The van der Waals surface area contributed by atoms with E-state index in [2.05, 4.69) is 10.4 Å². The molecule has 1 aromatic carbocycles. The first-order valence-electron chi connectivity index (χ1n) is 9.79. The summed E-state index contributed by atoms with van der Waals surface area (Å²) >= 11 is 0. The van der Waals surface area contributed by atoms with Gasteiger partial charge in [0.15, 0.2) is 0 Å². The van der Waals surface area contributed by atoms with Gasteiger partial charge in [0.2, 0.25) is 0 Å². The van der Waals surface area contributed by atoms with E-state index in [1.807, 2.05) is 6.07 Å². The number of hydrogen-bond acceptors (Lipinski definition) is 6. The second-order valence-electron chi connectivity index (χ2n) is 7.43. The lowest BCUT2D eigenvalue weighted by Gasteiger charge is -2.31. The van der Waals surface area contributed by atoms with Crippen LogP contribution < -0.4 is 14.8 Å². The molecular formula is C22H25N3O5. The Morgan fingerprint density at radius 2 is 2.13 bits per heavy atom. The molecule has 1 unspecified atom stereocenters. The summed E-state index contributed by atoms with van der Waals surface area (Å²) in [6.07, 6.45) is 3.75. The van der Waals surface area contributed by atoms with Gasteiger partial charge in [-0.3, -0.25) is 9.48 Å². The maximum atomic E-state index is 12.9. The van der Waals surface area contributed by atoms with Crippen LogP contribution in [0.25, 0.3) is 11.3 Å². The van der Waals surface area contributed by atoms with Crippen molar-refractivity contribution in [2.24, 2.45) is 7.05 Å². The first-order chi connectivity index (χ1) is 14.4. The van der Waals surface area contributed by atoms with Crippen molar-refractivity contribution in [3.63, 3.8) is 0 Å². The van der Waals surface area contributed by atoms with Gasteiger partial charge in [-0.2, -0.15) is 5.10 Å². The number of nitrogens with zero attached hydrogens (tertiary/aromatic N) is 2. The molecule has 3 aromatic rings. The highest BCUT2D eigenvalue weighted by Gasteiger charge is 2.36. The Balaban J connectivity index is 1.55. The van der Waals surface area contributed by atoms with Gasteiger partial charge in [0.1, 0.15) is 28.6 Å². The van der Waals surface area contributed by atoms with Gasteiger partial charge in [-0.25, -0.2) is 0 Å². The summed E-state index contributed by atoms with van der Waals surface area (Å²) in [5.41, 5.74) is 1.31. The summed E-state index contributed by atoms with van der Waals surface area (Å²) in [5.74, 6) is 1.76. The molecule has 0 aliphatic heterocycles. The van der Waals surface area contributed by atoms with E-state index < -0.39 is 5.60 Å². The zero-order chi connectivity index (χ0) is 21.3. The van der Waals surface area contributed by atoms with E-state index in [1.54, 1.807) is 51.8 Å². The maximum absolute atomic E-state index is 12.9. The third-order valence-electron chi connectivity index (χ3n) is 5.58. The van der Waals surface area contributed by atoms with E-state index in [4.69, 9.17) is 13.9 Å². The van der Waals surface area contributed by atoms with Crippen LogP contribution in [0.15, 0.2) is 41.0 Å². The minimum Gasteiger partial charge on any atom is -0.497 e. The van der Waals surface area contributed by atoms with Gasteiger partial charge in [-0.1, -0.05) is 0 Å². The lowest BCUT2D eigenvalue weighted by molar-refractivity contribution is 0.0168. The Labute approximate surface area is 174 Å². The number of carbonyl (C=O) groups excluding carboxylic acids is 1. The number of hydrogen-bond donors (Lipinski definition) is 2. The van der Waals surface area contributed by atoms with E-state index in [0.29, 0.717) is 29.3 Å². The number of aryl methyl sites for hydroxylation is 2. The van der Waals surface area contributed by atoms with Crippen LogP contribution in [0.3, 0.4) is 0 Å². The highest BCUT2D eigenvalue weighted by atomic mass is 16.5. The molecule has 2 N–H and O–H groups in total. The fraction of sp³-hybridized carbons (Fsp3) is 0.364. The van der Waals surface area contributed by atoms with Crippen LogP contribution in [0.5, 0.6) is 11.5 Å². The number of rotatable bonds is 6. The van der Waals surface area contributed by atoms with Crippen LogP contribution in [0, 0.1) is 0 Å². The number of amides is 1. The molecule has 4 rings (SSSR count). The van der Waals surface area contributed by atoms with Crippen molar-refractivity contribution in [3.8, 4) is 22.8 Å². The molecule has 1 aliphatic carbocycles. The zero-order valence-electron chi connectivity index (χ0n) is 17.3.